The lowest BCUT2D eigenvalue weighted by Crippen LogP contribution is -2.26. The monoisotopic (exact) mass is 317 g/mol. The van der Waals surface area contributed by atoms with Crippen LogP contribution in [-0.4, -0.2) is 31.2 Å². The molecular formula is C17H20FN3O2. The van der Waals surface area contributed by atoms with E-state index in [0.29, 0.717) is 25.4 Å². The Morgan fingerprint density at radius 2 is 2.04 bits per heavy atom. The van der Waals surface area contributed by atoms with Crippen LogP contribution in [0.25, 0.3) is 0 Å². The fraction of sp³-hybridized carbons (Fsp3) is 0.294. The van der Waals surface area contributed by atoms with Gasteiger partial charge in [0.05, 0.1) is 0 Å². The van der Waals surface area contributed by atoms with Gasteiger partial charge in [-0.25, -0.2) is 4.39 Å². The predicted octanol–water partition coefficient (Wildman–Crippen LogP) is 2.60. The average molecular weight is 317 g/mol. The van der Waals surface area contributed by atoms with Crippen molar-refractivity contribution in [3.63, 3.8) is 0 Å². The van der Waals surface area contributed by atoms with Crippen LogP contribution in [0.3, 0.4) is 0 Å². The number of nitrogens with zero attached hydrogens (tertiary/aromatic N) is 1. The van der Waals surface area contributed by atoms with E-state index in [1.54, 1.807) is 37.6 Å². The number of ether oxygens (including phenoxy) is 1. The summed E-state index contributed by atoms with van der Waals surface area (Å²) < 4.78 is 17.8. The Hall–Kier alpha value is -2.47. The van der Waals surface area contributed by atoms with Crippen LogP contribution in [-0.2, 0) is 11.3 Å². The molecule has 23 heavy (non-hydrogen) atoms. The number of pyridine rings is 1. The van der Waals surface area contributed by atoms with Gasteiger partial charge in [-0.2, -0.15) is 0 Å². The number of carbonyl (C=O) groups is 1. The summed E-state index contributed by atoms with van der Waals surface area (Å²) in [4.78, 5) is 16.1. The lowest BCUT2D eigenvalue weighted by Gasteiger charge is -2.08. The Morgan fingerprint density at radius 1 is 1.26 bits per heavy atom. The molecule has 0 aliphatic heterocycles. The number of benzene rings is 1. The molecule has 2 N–H and O–H groups in total. The van der Waals surface area contributed by atoms with Gasteiger partial charge in [-0.05, 0) is 36.2 Å². The molecule has 1 heterocycles. The molecule has 0 spiro atoms. The van der Waals surface area contributed by atoms with Crippen molar-refractivity contribution in [2.45, 2.75) is 13.0 Å². The molecule has 1 aromatic heterocycles. The Kier molecular flexibility index (Phi) is 6.50. The molecule has 1 aromatic carbocycles. The quantitative estimate of drug-likeness (QED) is 0.735. The molecule has 0 atom stereocenters. The van der Waals surface area contributed by atoms with Crippen LogP contribution in [0.15, 0.2) is 42.6 Å². The third-order valence-electron chi connectivity index (χ3n) is 3.21. The molecule has 0 aliphatic rings. The molecule has 0 fully saturated rings. The minimum absolute atomic E-state index is 0.216. The van der Waals surface area contributed by atoms with Crippen molar-refractivity contribution in [1.29, 1.82) is 0 Å². The SMILES string of the molecule is COCCCNC(=O)c1cc(NCc2ccc(F)cc2)ccn1. The van der Waals surface area contributed by atoms with Gasteiger partial charge in [0.2, 0.25) is 0 Å². The molecule has 122 valence electrons. The van der Waals surface area contributed by atoms with Crippen molar-refractivity contribution >= 4 is 11.6 Å². The molecule has 0 aliphatic carbocycles. The Morgan fingerprint density at radius 3 is 2.78 bits per heavy atom. The van der Waals surface area contributed by atoms with Crippen molar-refractivity contribution in [2.75, 3.05) is 25.6 Å². The smallest absolute Gasteiger partial charge is 0.269 e. The molecular weight excluding hydrogens is 297 g/mol. The van der Waals surface area contributed by atoms with Gasteiger partial charge in [-0.15, -0.1) is 0 Å². The summed E-state index contributed by atoms with van der Waals surface area (Å²) in [5.74, 6) is -0.475. The lowest BCUT2D eigenvalue weighted by molar-refractivity contribution is 0.0943. The van der Waals surface area contributed by atoms with Gasteiger partial charge in [0.15, 0.2) is 0 Å². The lowest BCUT2D eigenvalue weighted by atomic mass is 10.2. The van der Waals surface area contributed by atoms with Gasteiger partial charge in [0, 0.05) is 38.7 Å². The van der Waals surface area contributed by atoms with Crippen molar-refractivity contribution in [3.05, 3.63) is 59.7 Å². The fourth-order valence-corrected chi connectivity index (χ4v) is 1.98. The summed E-state index contributed by atoms with van der Waals surface area (Å²) >= 11 is 0. The normalized spacial score (nSPS) is 10.3. The number of rotatable bonds is 8. The number of halogens is 1. The molecule has 0 saturated heterocycles. The van der Waals surface area contributed by atoms with Gasteiger partial charge in [0.1, 0.15) is 11.5 Å². The summed E-state index contributed by atoms with van der Waals surface area (Å²) in [6, 6.07) is 9.74. The largest absolute Gasteiger partial charge is 0.385 e. The van der Waals surface area contributed by atoms with Crippen molar-refractivity contribution in [3.8, 4) is 0 Å². The maximum atomic E-state index is 12.9. The maximum absolute atomic E-state index is 12.9. The van der Waals surface area contributed by atoms with E-state index in [2.05, 4.69) is 15.6 Å². The van der Waals surface area contributed by atoms with Gasteiger partial charge >= 0.3 is 0 Å². The first-order valence-electron chi connectivity index (χ1n) is 7.40. The molecule has 0 bridgehead atoms. The number of anilines is 1. The zero-order valence-electron chi connectivity index (χ0n) is 13.0. The Labute approximate surface area is 134 Å². The van der Waals surface area contributed by atoms with E-state index in [0.717, 1.165) is 17.7 Å². The summed E-state index contributed by atoms with van der Waals surface area (Å²) in [7, 11) is 1.62. The third kappa shape index (κ3) is 5.67. The third-order valence-corrected chi connectivity index (χ3v) is 3.21. The molecule has 2 aromatic rings. The fourth-order valence-electron chi connectivity index (χ4n) is 1.98. The second kappa shape index (κ2) is 8.85. The summed E-state index contributed by atoms with van der Waals surface area (Å²) in [5, 5.41) is 5.98. The predicted molar refractivity (Wildman–Crippen MR) is 86.8 cm³/mol. The van der Waals surface area contributed by atoms with Crippen LogP contribution in [0, 0.1) is 5.82 Å². The van der Waals surface area contributed by atoms with E-state index in [4.69, 9.17) is 4.74 Å². The van der Waals surface area contributed by atoms with E-state index in [1.165, 1.54) is 12.1 Å². The first-order chi connectivity index (χ1) is 11.2. The molecule has 6 heteroatoms. The van der Waals surface area contributed by atoms with Crippen molar-refractivity contribution in [1.82, 2.24) is 10.3 Å². The highest BCUT2D eigenvalue weighted by Gasteiger charge is 2.07. The standard InChI is InChI=1S/C17H20FN3O2/c1-23-10-2-8-20-17(22)16-11-15(7-9-19-16)21-12-13-3-5-14(18)6-4-13/h3-7,9,11H,2,8,10,12H2,1H3,(H,19,21)(H,20,22). The van der Waals surface area contributed by atoms with Crippen molar-refractivity contribution < 1.29 is 13.9 Å². The average Bonchev–Trinajstić information content (AvgIpc) is 2.58. The maximum Gasteiger partial charge on any atom is 0.269 e. The van der Waals surface area contributed by atoms with Crippen molar-refractivity contribution in [2.24, 2.45) is 0 Å². The second-order valence-electron chi connectivity index (χ2n) is 5.01. The highest BCUT2D eigenvalue weighted by Crippen LogP contribution is 2.11. The summed E-state index contributed by atoms with van der Waals surface area (Å²) in [5.41, 5.74) is 2.09. The number of aromatic nitrogens is 1. The van der Waals surface area contributed by atoms with E-state index in [9.17, 15) is 9.18 Å². The first-order valence-corrected chi connectivity index (χ1v) is 7.40. The van der Waals surface area contributed by atoms with Crippen LogP contribution < -0.4 is 10.6 Å². The molecule has 5 nitrogen and oxygen atoms in total. The molecule has 1 amide bonds. The van der Waals surface area contributed by atoms with Crippen LogP contribution in [0.5, 0.6) is 0 Å². The van der Waals surface area contributed by atoms with Crippen LogP contribution in [0.4, 0.5) is 10.1 Å². The molecule has 0 saturated carbocycles. The second-order valence-corrected chi connectivity index (χ2v) is 5.01. The van der Waals surface area contributed by atoms with E-state index in [1.807, 2.05) is 0 Å². The van der Waals surface area contributed by atoms with Crippen LogP contribution in [0.2, 0.25) is 0 Å². The zero-order valence-corrected chi connectivity index (χ0v) is 13.0. The van der Waals surface area contributed by atoms with Crippen LogP contribution >= 0.6 is 0 Å². The van der Waals surface area contributed by atoms with Gasteiger partial charge in [-0.3, -0.25) is 9.78 Å². The zero-order chi connectivity index (χ0) is 16.5. The van der Waals surface area contributed by atoms with Crippen LogP contribution in [0.1, 0.15) is 22.5 Å². The molecule has 2 rings (SSSR count). The van der Waals surface area contributed by atoms with Gasteiger partial charge in [0.25, 0.3) is 5.91 Å². The topological polar surface area (TPSA) is 63.2 Å². The number of amides is 1. The summed E-state index contributed by atoms with van der Waals surface area (Å²) in [6.45, 7) is 1.69. The highest BCUT2D eigenvalue weighted by molar-refractivity contribution is 5.93. The highest BCUT2D eigenvalue weighted by atomic mass is 19.1. The Balaban J connectivity index is 1.88. The minimum Gasteiger partial charge on any atom is -0.385 e. The number of carbonyl (C=O) groups excluding carboxylic acids is 1. The minimum atomic E-state index is -0.259. The van der Waals surface area contributed by atoms with Gasteiger partial charge in [-0.1, -0.05) is 12.1 Å². The van der Waals surface area contributed by atoms with E-state index in [-0.39, 0.29) is 11.7 Å². The number of nitrogens with one attached hydrogen (secondary N) is 2. The first kappa shape index (κ1) is 16.9. The number of hydrogen-bond donors (Lipinski definition) is 2. The Bertz CT molecular complexity index is 632. The molecule has 0 radical (unpaired) electrons. The van der Waals surface area contributed by atoms with E-state index >= 15 is 0 Å². The number of hydrogen-bond acceptors (Lipinski definition) is 4. The van der Waals surface area contributed by atoms with Gasteiger partial charge < -0.3 is 15.4 Å². The summed E-state index contributed by atoms with van der Waals surface area (Å²) in [6.07, 6.45) is 2.34. The van der Waals surface area contributed by atoms with E-state index < -0.39 is 0 Å². The number of methoxy groups -OCH3 is 1. The molecule has 0 unspecified atom stereocenters.